The molecule has 0 aliphatic heterocycles. The van der Waals surface area contributed by atoms with Crippen LogP contribution in [-0.4, -0.2) is 34.4 Å². The summed E-state index contributed by atoms with van der Waals surface area (Å²) in [5.41, 5.74) is -1.97. The van der Waals surface area contributed by atoms with Gasteiger partial charge in [-0.25, -0.2) is 0 Å². The van der Waals surface area contributed by atoms with Crippen molar-refractivity contribution in [1.29, 1.82) is 0 Å². The number of carboxylic acid groups (broad SMARTS) is 2. The molecule has 0 aromatic carbocycles. The highest BCUT2D eigenvalue weighted by atomic mass is 16.4. The van der Waals surface area contributed by atoms with E-state index in [0.717, 1.165) is 13.8 Å². The van der Waals surface area contributed by atoms with Crippen LogP contribution in [-0.2, 0) is 9.59 Å². The molecule has 0 bridgehead atoms. The summed E-state index contributed by atoms with van der Waals surface area (Å²) in [6.07, 6.45) is -3.83. The molecule has 6 nitrogen and oxygen atoms in total. The van der Waals surface area contributed by atoms with Crippen molar-refractivity contribution >= 4 is 11.9 Å². The smallest absolute Gasteiger partial charge is 0.0645 e. The Hall–Kier alpha value is -1.14. The first kappa shape index (κ1) is 13.9. The van der Waals surface area contributed by atoms with Gasteiger partial charge >= 0.3 is 0 Å². The molecule has 15 heavy (non-hydrogen) atoms. The molecule has 2 unspecified atom stereocenters. The molecule has 0 spiro atoms. The van der Waals surface area contributed by atoms with Gasteiger partial charge < -0.3 is 30.0 Å². The summed E-state index contributed by atoms with van der Waals surface area (Å²) in [6.45, 7) is 2.33. The second-order valence-corrected chi connectivity index (χ2v) is 3.55. The van der Waals surface area contributed by atoms with Crippen LogP contribution in [0.25, 0.3) is 0 Å². The monoisotopic (exact) mass is 218 g/mol. The standard InChI is InChI=1S/C9H16O6/c1-5(10)9(6(2)11,8(14)15)4-3-7(12)13/h5-6,10-11H,3-4H2,1-2H3,(H,12,13)(H,14,15)/p-2. The number of aliphatic hydroxyl groups excluding tert-OH is 2. The summed E-state index contributed by atoms with van der Waals surface area (Å²) in [5, 5.41) is 39.7. The Morgan fingerprint density at radius 1 is 1.20 bits per heavy atom. The largest absolute Gasteiger partial charge is 0.550 e. The van der Waals surface area contributed by atoms with Gasteiger partial charge in [0.1, 0.15) is 0 Å². The quantitative estimate of drug-likeness (QED) is 0.490. The summed E-state index contributed by atoms with van der Waals surface area (Å²) in [5.74, 6) is -3.12. The Labute approximate surface area is 87.2 Å². The van der Waals surface area contributed by atoms with Gasteiger partial charge in [0.25, 0.3) is 0 Å². The Bertz CT molecular complexity index is 237. The SMILES string of the molecule is CC(O)C(CCC(=O)[O-])(C(=O)[O-])C(C)O. The Morgan fingerprint density at radius 3 is 1.80 bits per heavy atom. The Kier molecular flexibility index (Phi) is 4.70. The molecular formula is C9H14O6-2. The molecule has 0 rings (SSSR count). The maximum absolute atomic E-state index is 10.9. The van der Waals surface area contributed by atoms with Gasteiger partial charge in [-0.15, -0.1) is 0 Å². The first-order valence-corrected chi connectivity index (χ1v) is 4.52. The van der Waals surface area contributed by atoms with Crippen LogP contribution in [0.5, 0.6) is 0 Å². The minimum Gasteiger partial charge on any atom is -0.550 e. The highest BCUT2D eigenvalue weighted by Crippen LogP contribution is 2.32. The molecular weight excluding hydrogens is 204 g/mol. The summed E-state index contributed by atoms with van der Waals surface area (Å²) in [6, 6.07) is 0. The first-order valence-electron chi connectivity index (χ1n) is 4.52. The van der Waals surface area contributed by atoms with Crippen molar-refractivity contribution in [2.45, 2.75) is 38.9 Å². The molecule has 0 aliphatic rings. The van der Waals surface area contributed by atoms with Gasteiger partial charge in [-0.2, -0.15) is 0 Å². The lowest BCUT2D eigenvalue weighted by atomic mass is 9.74. The van der Waals surface area contributed by atoms with E-state index in [-0.39, 0.29) is 0 Å². The normalized spacial score (nSPS) is 18.9. The number of aliphatic hydroxyl groups is 2. The third-order valence-electron chi connectivity index (χ3n) is 2.61. The number of aliphatic carboxylic acids is 2. The van der Waals surface area contributed by atoms with Crippen molar-refractivity contribution in [3.05, 3.63) is 0 Å². The van der Waals surface area contributed by atoms with E-state index in [1.165, 1.54) is 0 Å². The van der Waals surface area contributed by atoms with Crippen LogP contribution >= 0.6 is 0 Å². The lowest BCUT2D eigenvalue weighted by molar-refractivity contribution is -0.329. The van der Waals surface area contributed by atoms with Crippen molar-refractivity contribution in [3.8, 4) is 0 Å². The van der Waals surface area contributed by atoms with Crippen molar-refractivity contribution in [1.82, 2.24) is 0 Å². The minimum atomic E-state index is -1.97. The van der Waals surface area contributed by atoms with Crippen LogP contribution in [0.2, 0.25) is 0 Å². The third-order valence-corrected chi connectivity index (χ3v) is 2.61. The molecule has 0 aliphatic carbocycles. The van der Waals surface area contributed by atoms with Crippen LogP contribution in [0.15, 0.2) is 0 Å². The second-order valence-electron chi connectivity index (χ2n) is 3.55. The van der Waals surface area contributed by atoms with Crippen molar-refractivity contribution in [2.75, 3.05) is 0 Å². The molecule has 0 aromatic rings. The summed E-state index contributed by atoms with van der Waals surface area (Å²) in [4.78, 5) is 21.1. The van der Waals surface area contributed by atoms with Gasteiger partial charge in [-0.1, -0.05) is 0 Å². The van der Waals surface area contributed by atoms with Crippen LogP contribution in [0.3, 0.4) is 0 Å². The fraction of sp³-hybridized carbons (Fsp3) is 0.778. The van der Waals surface area contributed by atoms with Crippen LogP contribution < -0.4 is 10.2 Å². The topological polar surface area (TPSA) is 121 Å². The highest BCUT2D eigenvalue weighted by Gasteiger charge is 2.41. The van der Waals surface area contributed by atoms with E-state index in [1.54, 1.807) is 0 Å². The molecule has 2 N–H and O–H groups in total. The third kappa shape index (κ3) is 2.90. The molecule has 0 saturated heterocycles. The van der Waals surface area contributed by atoms with Crippen LogP contribution in [0, 0.1) is 5.41 Å². The highest BCUT2D eigenvalue weighted by molar-refractivity contribution is 5.75. The Morgan fingerprint density at radius 2 is 1.60 bits per heavy atom. The number of hydrogen-bond donors (Lipinski definition) is 2. The maximum Gasteiger partial charge on any atom is 0.0645 e. The Balaban J connectivity index is 4.97. The number of carbonyl (C=O) groups excluding carboxylic acids is 2. The summed E-state index contributed by atoms with van der Waals surface area (Å²) >= 11 is 0. The predicted octanol–water partition coefficient (Wildman–Crippen LogP) is -2.99. The number of carboxylic acids is 2. The van der Waals surface area contributed by atoms with Gasteiger partial charge in [0.2, 0.25) is 0 Å². The van der Waals surface area contributed by atoms with E-state index in [2.05, 4.69) is 0 Å². The van der Waals surface area contributed by atoms with Crippen LogP contribution in [0.1, 0.15) is 26.7 Å². The maximum atomic E-state index is 10.9. The molecule has 0 aromatic heterocycles. The summed E-state index contributed by atoms with van der Waals surface area (Å²) < 4.78 is 0. The fourth-order valence-corrected chi connectivity index (χ4v) is 1.52. The van der Waals surface area contributed by atoms with Gasteiger partial charge in [0, 0.05) is 5.97 Å². The molecule has 0 fully saturated rings. The fourth-order valence-electron chi connectivity index (χ4n) is 1.52. The van der Waals surface area contributed by atoms with E-state index < -0.39 is 42.4 Å². The van der Waals surface area contributed by atoms with Gasteiger partial charge in [-0.05, 0) is 26.7 Å². The number of rotatable bonds is 6. The van der Waals surface area contributed by atoms with E-state index in [0.29, 0.717) is 0 Å². The van der Waals surface area contributed by atoms with E-state index in [9.17, 15) is 30.0 Å². The van der Waals surface area contributed by atoms with Crippen LogP contribution in [0.4, 0.5) is 0 Å². The van der Waals surface area contributed by atoms with Crippen molar-refractivity contribution < 1.29 is 30.0 Å². The predicted molar refractivity (Wildman–Crippen MR) is 45.0 cm³/mol. The second kappa shape index (κ2) is 5.09. The minimum absolute atomic E-state index is 0.438. The average Bonchev–Trinajstić information content (AvgIpc) is 2.02. The van der Waals surface area contributed by atoms with E-state index in [1.807, 2.05) is 0 Å². The molecule has 2 atom stereocenters. The number of hydrogen-bond acceptors (Lipinski definition) is 6. The van der Waals surface area contributed by atoms with Gasteiger partial charge in [-0.3, -0.25) is 0 Å². The van der Waals surface area contributed by atoms with Gasteiger partial charge in [0.05, 0.1) is 23.6 Å². The summed E-state index contributed by atoms with van der Waals surface area (Å²) in [7, 11) is 0. The van der Waals surface area contributed by atoms with E-state index >= 15 is 0 Å². The first-order chi connectivity index (χ1) is 6.75. The zero-order valence-corrected chi connectivity index (χ0v) is 8.60. The zero-order chi connectivity index (χ0) is 12.2. The molecule has 88 valence electrons. The molecule has 0 saturated carbocycles. The lowest BCUT2D eigenvalue weighted by Crippen LogP contribution is -2.55. The van der Waals surface area contributed by atoms with Crippen molar-refractivity contribution in [2.24, 2.45) is 5.41 Å². The average molecular weight is 218 g/mol. The molecule has 0 radical (unpaired) electrons. The van der Waals surface area contributed by atoms with Crippen molar-refractivity contribution in [3.63, 3.8) is 0 Å². The van der Waals surface area contributed by atoms with Gasteiger partial charge in [0.15, 0.2) is 0 Å². The number of carbonyl (C=O) groups is 2. The molecule has 6 heteroatoms. The zero-order valence-electron chi connectivity index (χ0n) is 8.60. The lowest BCUT2D eigenvalue weighted by Gasteiger charge is -2.40. The van der Waals surface area contributed by atoms with E-state index in [4.69, 9.17) is 0 Å². The molecule has 0 amide bonds. The molecule has 0 heterocycles.